The van der Waals surface area contributed by atoms with Crippen LogP contribution in [0.2, 0.25) is 0 Å². The zero-order valence-electron chi connectivity index (χ0n) is 12.5. The lowest BCUT2D eigenvalue weighted by Gasteiger charge is -2.17. The summed E-state index contributed by atoms with van der Waals surface area (Å²) in [6.07, 6.45) is -3.37. The van der Waals surface area contributed by atoms with Gasteiger partial charge in [0.1, 0.15) is 10.6 Å². The van der Waals surface area contributed by atoms with Crippen LogP contribution in [-0.2, 0) is 17.4 Å². The summed E-state index contributed by atoms with van der Waals surface area (Å²) in [5.41, 5.74) is -1.26. The lowest BCUT2D eigenvalue weighted by molar-refractivity contribution is -0.139. The number of hydrogen-bond donors (Lipinski definition) is 2. The fourth-order valence-corrected chi connectivity index (χ4v) is 2.57. The summed E-state index contributed by atoms with van der Waals surface area (Å²) < 4.78 is 39.4. The van der Waals surface area contributed by atoms with E-state index in [1.165, 1.54) is 12.3 Å². The number of nitrogens with one attached hydrogen (secondary N) is 1. The van der Waals surface area contributed by atoms with Gasteiger partial charge in [-0.25, -0.2) is 9.78 Å². The fourth-order valence-electron chi connectivity index (χ4n) is 2.16. The van der Waals surface area contributed by atoms with Crippen LogP contribution in [0.5, 0.6) is 0 Å². The molecule has 0 unspecified atom stereocenters. The normalized spacial score (nSPS) is 12.5. The number of amides is 1. The first-order valence-electron chi connectivity index (χ1n) is 6.99. The quantitative estimate of drug-likeness (QED) is 0.732. The summed E-state index contributed by atoms with van der Waals surface area (Å²) in [5.74, 6) is -2.48. The molecule has 0 aliphatic carbocycles. The highest BCUT2D eigenvalue weighted by molar-refractivity contribution is 9.10. The molecule has 1 atom stereocenters. The lowest BCUT2D eigenvalue weighted by atomic mass is 10.0. The third kappa shape index (κ3) is 4.79. The van der Waals surface area contributed by atoms with Gasteiger partial charge in [0, 0.05) is 12.6 Å². The van der Waals surface area contributed by atoms with E-state index in [4.69, 9.17) is 0 Å². The van der Waals surface area contributed by atoms with Gasteiger partial charge >= 0.3 is 12.1 Å². The van der Waals surface area contributed by atoms with Crippen molar-refractivity contribution in [3.63, 3.8) is 0 Å². The van der Waals surface area contributed by atoms with Crippen LogP contribution < -0.4 is 5.32 Å². The van der Waals surface area contributed by atoms with Crippen LogP contribution >= 0.6 is 15.9 Å². The molecule has 25 heavy (non-hydrogen) atoms. The topological polar surface area (TPSA) is 79.3 Å². The Balaban J connectivity index is 2.25. The number of carbonyl (C=O) groups excluding carboxylic acids is 1. The standard InChI is InChI=1S/C16H12BrF3N2O3/c17-13-9(4-3-7-21-13)8-12(15(24)25)22-14(23)10-5-1-2-6-11(10)16(18,19)20/h1-7,12H,8H2,(H,22,23)(H,24,25)/t12-/m1/s1. The highest BCUT2D eigenvalue weighted by atomic mass is 79.9. The van der Waals surface area contributed by atoms with E-state index in [9.17, 15) is 27.9 Å². The number of nitrogens with zero attached hydrogens (tertiary/aromatic N) is 1. The molecule has 0 fully saturated rings. The monoisotopic (exact) mass is 416 g/mol. The summed E-state index contributed by atoms with van der Waals surface area (Å²) in [6, 6.07) is 5.97. The average Bonchev–Trinajstić information content (AvgIpc) is 2.55. The maximum Gasteiger partial charge on any atom is 0.417 e. The molecule has 1 aromatic carbocycles. The SMILES string of the molecule is O=C(N[C@H](Cc1cccnc1Br)C(=O)O)c1ccccc1C(F)(F)F. The Morgan fingerprint density at radius 3 is 2.48 bits per heavy atom. The zero-order valence-corrected chi connectivity index (χ0v) is 14.1. The van der Waals surface area contributed by atoms with Crippen molar-refractivity contribution in [1.29, 1.82) is 0 Å². The summed E-state index contributed by atoms with van der Waals surface area (Å²) in [6.45, 7) is 0. The number of carbonyl (C=O) groups is 2. The van der Waals surface area contributed by atoms with Crippen LogP contribution in [0.1, 0.15) is 21.5 Å². The average molecular weight is 417 g/mol. The molecular weight excluding hydrogens is 405 g/mol. The second kappa shape index (κ2) is 7.64. The first-order chi connectivity index (χ1) is 11.7. The van der Waals surface area contributed by atoms with E-state index < -0.39 is 35.2 Å². The molecule has 5 nitrogen and oxygen atoms in total. The number of halogens is 4. The molecule has 0 bridgehead atoms. The number of aromatic nitrogens is 1. The fraction of sp³-hybridized carbons (Fsp3) is 0.188. The van der Waals surface area contributed by atoms with Crippen molar-refractivity contribution in [3.8, 4) is 0 Å². The van der Waals surface area contributed by atoms with E-state index in [1.54, 1.807) is 12.1 Å². The van der Waals surface area contributed by atoms with E-state index in [0.29, 0.717) is 10.2 Å². The maximum atomic E-state index is 13.0. The van der Waals surface area contributed by atoms with Gasteiger partial charge < -0.3 is 10.4 Å². The minimum Gasteiger partial charge on any atom is -0.480 e. The largest absolute Gasteiger partial charge is 0.480 e. The van der Waals surface area contributed by atoms with E-state index in [-0.39, 0.29) is 6.42 Å². The molecule has 2 aromatic rings. The number of carboxylic acid groups (broad SMARTS) is 1. The number of rotatable bonds is 5. The first-order valence-corrected chi connectivity index (χ1v) is 7.78. The van der Waals surface area contributed by atoms with Crippen molar-refractivity contribution in [2.75, 3.05) is 0 Å². The summed E-state index contributed by atoms with van der Waals surface area (Å²) in [4.78, 5) is 27.5. The maximum absolute atomic E-state index is 13.0. The van der Waals surface area contributed by atoms with Crippen molar-refractivity contribution in [2.45, 2.75) is 18.6 Å². The van der Waals surface area contributed by atoms with Crippen LogP contribution in [0, 0.1) is 0 Å². The van der Waals surface area contributed by atoms with Crippen LogP contribution in [0.4, 0.5) is 13.2 Å². The molecule has 0 aliphatic heterocycles. The number of hydrogen-bond acceptors (Lipinski definition) is 3. The predicted octanol–water partition coefficient (Wildman–Crippen LogP) is 3.29. The van der Waals surface area contributed by atoms with Gasteiger partial charge in [-0.1, -0.05) is 18.2 Å². The number of pyridine rings is 1. The van der Waals surface area contributed by atoms with Crippen molar-refractivity contribution < 1.29 is 27.9 Å². The smallest absolute Gasteiger partial charge is 0.417 e. The minimum absolute atomic E-state index is 0.135. The Bertz CT molecular complexity index is 796. The number of alkyl halides is 3. The van der Waals surface area contributed by atoms with Crippen molar-refractivity contribution in [2.24, 2.45) is 0 Å². The summed E-state index contributed by atoms with van der Waals surface area (Å²) >= 11 is 3.16. The number of benzene rings is 1. The Morgan fingerprint density at radius 2 is 1.88 bits per heavy atom. The molecule has 0 aliphatic rings. The Kier molecular flexibility index (Phi) is 5.78. The van der Waals surface area contributed by atoms with Gasteiger partial charge in [0.2, 0.25) is 0 Å². The molecule has 0 spiro atoms. The van der Waals surface area contributed by atoms with Crippen LogP contribution in [0.3, 0.4) is 0 Å². The highest BCUT2D eigenvalue weighted by Crippen LogP contribution is 2.31. The zero-order chi connectivity index (χ0) is 18.6. The Hall–Kier alpha value is -2.42. The number of aliphatic carboxylic acids is 1. The van der Waals surface area contributed by atoms with Gasteiger partial charge in [0.25, 0.3) is 5.91 Å². The van der Waals surface area contributed by atoms with E-state index in [2.05, 4.69) is 26.2 Å². The Labute approximate surface area is 149 Å². The predicted molar refractivity (Wildman–Crippen MR) is 86.0 cm³/mol. The second-order valence-corrected chi connectivity index (χ2v) is 5.82. The number of carboxylic acids is 1. The highest BCUT2D eigenvalue weighted by Gasteiger charge is 2.35. The summed E-state index contributed by atoms with van der Waals surface area (Å²) in [5, 5.41) is 11.4. The van der Waals surface area contributed by atoms with E-state index in [0.717, 1.165) is 18.2 Å². The third-order valence-corrected chi connectivity index (χ3v) is 4.05. The molecule has 0 saturated heterocycles. The van der Waals surface area contributed by atoms with Gasteiger partial charge in [-0.3, -0.25) is 4.79 Å². The second-order valence-electron chi connectivity index (χ2n) is 5.07. The van der Waals surface area contributed by atoms with Crippen molar-refractivity contribution >= 4 is 27.8 Å². The van der Waals surface area contributed by atoms with Gasteiger partial charge in [-0.15, -0.1) is 0 Å². The molecular formula is C16H12BrF3N2O3. The van der Waals surface area contributed by atoms with Crippen molar-refractivity contribution in [1.82, 2.24) is 10.3 Å². The van der Waals surface area contributed by atoms with Gasteiger partial charge in [0.05, 0.1) is 11.1 Å². The lowest BCUT2D eigenvalue weighted by Crippen LogP contribution is -2.43. The summed E-state index contributed by atoms with van der Waals surface area (Å²) in [7, 11) is 0. The van der Waals surface area contributed by atoms with Crippen LogP contribution in [0.15, 0.2) is 47.2 Å². The van der Waals surface area contributed by atoms with Gasteiger partial charge in [-0.05, 0) is 39.7 Å². The van der Waals surface area contributed by atoms with Crippen LogP contribution in [-0.4, -0.2) is 28.0 Å². The Morgan fingerprint density at radius 1 is 1.20 bits per heavy atom. The minimum atomic E-state index is -4.72. The van der Waals surface area contributed by atoms with Gasteiger partial charge in [0.15, 0.2) is 0 Å². The molecule has 0 saturated carbocycles. The van der Waals surface area contributed by atoms with E-state index >= 15 is 0 Å². The molecule has 9 heteroatoms. The molecule has 1 amide bonds. The molecule has 0 radical (unpaired) electrons. The third-order valence-electron chi connectivity index (χ3n) is 3.34. The molecule has 1 aromatic heterocycles. The first kappa shape index (κ1) is 18.9. The van der Waals surface area contributed by atoms with E-state index in [1.807, 2.05) is 0 Å². The molecule has 1 heterocycles. The molecule has 2 rings (SSSR count). The van der Waals surface area contributed by atoms with Gasteiger partial charge in [-0.2, -0.15) is 13.2 Å². The molecule has 2 N–H and O–H groups in total. The van der Waals surface area contributed by atoms with Crippen LogP contribution in [0.25, 0.3) is 0 Å². The van der Waals surface area contributed by atoms with Crippen molar-refractivity contribution in [3.05, 3.63) is 63.9 Å². The molecule has 132 valence electrons.